The second kappa shape index (κ2) is 7.21. The first kappa shape index (κ1) is 16.1. The van der Waals surface area contributed by atoms with Crippen LogP contribution >= 0.6 is 38.6 Å². The number of hydrogen-bond acceptors (Lipinski definition) is 4. The van der Waals surface area contributed by atoms with Crippen LogP contribution in [0, 0.1) is 6.92 Å². The molecule has 0 aliphatic rings. The lowest BCUT2D eigenvalue weighted by Crippen LogP contribution is -2.07. The molecule has 1 N–H and O–H groups in total. The summed E-state index contributed by atoms with van der Waals surface area (Å²) in [5.74, 6) is -0.172. The number of carbonyl (C=O) groups is 1. The van der Waals surface area contributed by atoms with Crippen LogP contribution < -0.4 is 5.32 Å². The molecule has 3 rings (SSSR count). The maximum absolute atomic E-state index is 12.0. The lowest BCUT2D eigenvalue weighted by molar-refractivity contribution is -0.111. The van der Waals surface area contributed by atoms with Crippen molar-refractivity contribution in [2.45, 2.75) is 6.92 Å². The summed E-state index contributed by atoms with van der Waals surface area (Å²) < 4.78 is 1.03. The van der Waals surface area contributed by atoms with Gasteiger partial charge in [-0.25, -0.2) is 4.98 Å². The molecular weight excluding hydrogens is 392 g/mol. The number of nitrogens with zero attached hydrogens (tertiary/aromatic N) is 1. The molecular formula is C17H13BrN2OS2. The number of thiophene rings is 1. The monoisotopic (exact) mass is 404 g/mol. The van der Waals surface area contributed by atoms with Crippen molar-refractivity contribution >= 4 is 55.7 Å². The number of nitrogens with one attached hydrogen (secondary N) is 1. The molecule has 23 heavy (non-hydrogen) atoms. The maximum atomic E-state index is 12.0. The van der Waals surface area contributed by atoms with E-state index in [1.54, 1.807) is 17.4 Å². The smallest absolute Gasteiger partial charge is 0.250 e. The first-order chi connectivity index (χ1) is 11.1. The quantitative estimate of drug-likeness (QED) is 0.575. The maximum Gasteiger partial charge on any atom is 0.250 e. The topological polar surface area (TPSA) is 42.0 Å². The Morgan fingerprint density at radius 3 is 2.74 bits per heavy atom. The highest BCUT2D eigenvalue weighted by molar-refractivity contribution is 9.10. The number of rotatable bonds is 4. The summed E-state index contributed by atoms with van der Waals surface area (Å²) in [6.07, 6.45) is 3.33. The summed E-state index contributed by atoms with van der Waals surface area (Å²) in [5.41, 5.74) is 1.94. The fourth-order valence-electron chi connectivity index (χ4n) is 2.02. The highest BCUT2D eigenvalue weighted by Crippen LogP contribution is 2.31. The van der Waals surface area contributed by atoms with Gasteiger partial charge in [0.2, 0.25) is 5.91 Å². The first-order valence-electron chi connectivity index (χ1n) is 6.88. The highest BCUT2D eigenvalue weighted by atomic mass is 79.9. The predicted molar refractivity (Wildman–Crippen MR) is 102 cm³/mol. The van der Waals surface area contributed by atoms with E-state index in [4.69, 9.17) is 0 Å². The summed E-state index contributed by atoms with van der Waals surface area (Å²) in [7, 11) is 0. The van der Waals surface area contributed by atoms with Crippen LogP contribution in [0.25, 0.3) is 17.3 Å². The fourth-order valence-corrected chi connectivity index (χ4v) is 3.74. The molecule has 2 aromatic heterocycles. The van der Waals surface area contributed by atoms with E-state index in [9.17, 15) is 4.79 Å². The number of thiazole rings is 1. The number of benzene rings is 1. The van der Waals surface area contributed by atoms with Crippen LogP contribution in [0.5, 0.6) is 0 Å². The predicted octanol–water partition coefficient (Wildman–Crippen LogP) is 5.59. The molecule has 0 bridgehead atoms. The minimum Gasteiger partial charge on any atom is -0.298 e. The molecule has 0 radical (unpaired) electrons. The second-order valence-electron chi connectivity index (χ2n) is 4.77. The Morgan fingerprint density at radius 1 is 1.26 bits per heavy atom. The van der Waals surface area contributed by atoms with Crippen LogP contribution in [0.4, 0.5) is 5.13 Å². The molecule has 0 atom stereocenters. The van der Waals surface area contributed by atoms with Gasteiger partial charge in [-0.2, -0.15) is 0 Å². The van der Waals surface area contributed by atoms with Crippen molar-refractivity contribution in [2.24, 2.45) is 0 Å². The van der Waals surface area contributed by atoms with Crippen LogP contribution in [-0.2, 0) is 4.79 Å². The summed E-state index contributed by atoms with van der Waals surface area (Å²) >= 11 is 6.50. The van der Waals surface area contributed by atoms with Gasteiger partial charge >= 0.3 is 0 Å². The molecule has 1 amide bonds. The number of halogens is 1. The van der Waals surface area contributed by atoms with Crippen molar-refractivity contribution in [1.82, 2.24) is 4.98 Å². The van der Waals surface area contributed by atoms with Gasteiger partial charge in [0.15, 0.2) is 5.13 Å². The molecule has 1 aromatic carbocycles. The van der Waals surface area contributed by atoms with Gasteiger partial charge in [-0.15, -0.1) is 22.7 Å². The third-order valence-corrected chi connectivity index (χ3v) is 5.34. The zero-order valence-electron chi connectivity index (χ0n) is 12.2. The highest BCUT2D eigenvalue weighted by Gasteiger charge is 2.11. The van der Waals surface area contributed by atoms with Crippen LogP contribution in [-0.4, -0.2) is 10.9 Å². The van der Waals surface area contributed by atoms with Gasteiger partial charge in [0.25, 0.3) is 0 Å². The Bertz CT molecular complexity index is 836. The van der Waals surface area contributed by atoms with Crippen LogP contribution in [0.3, 0.4) is 0 Å². The largest absolute Gasteiger partial charge is 0.298 e. The molecule has 116 valence electrons. The lowest BCUT2D eigenvalue weighted by atomic mass is 10.1. The molecule has 3 nitrogen and oxygen atoms in total. The van der Waals surface area contributed by atoms with Gasteiger partial charge in [0.1, 0.15) is 0 Å². The summed E-state index contributed by atoms with van der Waals surface area (Å²) in [4.78, 5) is 18.6. The third-order valence-electron chi connectivity index (χ3n) is 3.09. The molecule has 0 spiro atoms. The van der Waals surface area contributed by atoms with Crippen molar-refractivity contribution in [3.63, 3.8) is 0 Å². The summed E-state index contributed by atoms with van der Waals surface area (Å²) in [5, 5.41) is 5.41. The Labute approximate surface area is 150 Å². The molecule has 2 heterocycles. The Balaban J connectivity index is 1.73. The molecule has 0 aliphatic carbocycles. The average molecular weight is 405 g/mol. The lowest BCUT2D eigenvalue weighted by Gasteiger charge is -1.98. The van der Waals surface area contributed by atoms with Crippen molar-refractivity contribution in [3.05, 3.63) is 62.1 Å². The van der Waals surface area contributed by atoms with E-state index < -0.39 is 0 Å². The van der Waals surface area contributed by atoms with Crippen molar-refractivity contribution < 1.29 is 4.79 Å². The van der Waals surface area contributed by atoms with Gasteiger partial charge in [-0.1, -0.05) is 34.1 Å². The van der Waals surface area contributed by atoms with E-state index in [1.807, 2.05) is 48.7 Å². The fraction of sp³-hybridized carbons (Fsp3) is 0.0588. The summed E-state index contributed by atoms with van der Waals surface area (Å²) in [6, 6.07) is 11.9. The number of aryl methyl sites for hydroxylation is 1. The normalized spacial score (nSPS) is 11.0. The number of amides is 1. The standard InChI is InChI=1S/C17H13BrN2OS2/c1-11-16(12-4-6-13(18)7-5-12)20-17(23-11)19-15(21)9-8-14-3-2-10-22-14/h2-10H,1H3,(H,19,20,21)/b9-8+. The van der Waals surface area contributed by atoms with Gasteiger partial charge in [0, 0.05) is 25.9 Å². The third kappa shape index (κ3) is 4.16. The number of anilines is 1. The Morgan fingerprint density at radius 2 is 2.04 bits per heavy atom. The minimum atomic E-state index is -0.172. The van der Waals surface area contributed by atoms with Gasteiger partial charge in [-0.3, -0.25) is 10.1 Å². The van der Waals surface area contributed by atoms with Gasteiger partial charge < -0.3 is 0 Å². The molecule has 0 saturated heterocycles. The molecule has 0 saturated carbocycles. The van der Waals surface area contributed by atoms with E-state index >= 15 is 0 Å². The first-order valence-corrected chi connectivity index (χ1v) is 9.36. The van der Waals surface area contributed by atoms with Gasteiger partial charge in [-0.05, 0) is 36.6 Å². The van der Waals surface area contributed by atoms with Crippen LogP contribution in [0.1, 0.15) is 9.75 Å². The molecule has 6 heteroatoms. The van der Waals surface area contributed by atoms with Crippen molar-refractivity contribution in [2.75, 3.05) is 5.32 Å². The van der Waals surface area contributed by atoms with E-state index in [1.165, 1.54) is 17.4 Å². The zero-order valence-corrected chi connectivity index (χ0v) is 15.5. The van der Waals surface area contributed by atoms with Crippen LogP contribution in [0.15, 0.2) is 52.3 Å². The van der Waals surface area contributed by atoms with E-state index in [0.29, 0.717) is 5.13 Å². The van der Waals surface area contributed by atoms with Crippen molar-refractivity contribution in [1.29, 1.82) is 0 Å². The minimum absolute atomic E-state index is 0.172. The average Bonchev–Trinajstić information content (AvgIpc) is 3.16. The van der Waals surface area contributed by atoms with E-state index in [0.717, 1.165) is 25.5 Å². The molecule has 0 aliphatic heterocycles. The zero-order chi connectivity index (χ0) is 16.2. The second-order valence-corrected chi connectivity index (χ2v) is 7.87. The molecule has 0 unspecified atom stereocenters. The Hall–Kier alpha value is -1.76. The molecule has 3 aromatic rings. The number of hydrogen-bond donors (Lipinski definition) is 1. The van der Waals surface area contributed by atoms with Crippen LogP contribution in [0.2, 0.25) is 0 Å². The van der Waals surface area contributed by atoms with E-state index in [-0.39, 0.29) is 5.91 Å². The van der Waals surface area contributed by atoms with Crippen molar-refractivity contribution in [3.8, 4) is 11.3 Å². The van der Waals surface area contributed by atoms with E-state index in [2.05, 4.69) is 26.2 Å². The Kier molecular flexibility index (Phi) is 5.05. The number of aromatic nitrogens is 1. The van der Waals surface area contributed by atoms with Gasteiger partial charge in [0.05, 0.1) is 5.69 Å². The SMILES string of the molecule is Cc1sc(NC(=O)/C=C/c2cccs2)nc1-c1ccc(Br)cc1. The number of carbonyl (C=O) groups excluding carboxylic acids is 1. The summed E-state index contributed by atoms with van der Waals surface area (Å²) in [6.45, 7) is 2.01. The molecule has 0 fully saturated rings.